The van der Waals surface area contributed by atoms with E-state index in [4.69, 9.17) is 10.1 Å². The lowest BCUT2D eigenvalue weighted by atomic mass is 10.0. The van der Waals surface area contributed by atoms with E-state index >= 15 is 0 Å². The molecule has 3 rings (SSSR count). The van der Waals surface area contributed by atoms with Gasteiger partial charge in [0.2, 0.25) is 0 Å². The summed E-state index contributed by atoms with van der Waals surface area (Å²) in [5, 5.41) is 4.79. The van der Waals surface area contributed by atoms with Crippen molar-refractivity contribution in [1.82, 2.24) is 19.7 Å². The topological polar surface area (TPSA) is 34.0 Å². The van der Waals surface area contributed by atoms with Crippen LogP contribution in [-0.2, 0) is 13.0 Å². The van der Waals surface area contributed by atoms with Gasteiger partial charge in [-0.15, -0.1) is 0 Å². The van der Waals surface area contributed by atoms with Crippen LogP contribution >= 0.6 is 0 Å². The number of likely N-dealkylation sites (tertiary alicyclic amines) is 1. The van der Waals surface area contributed by atoms with Gasteiger partial charge in [0.15, 0.2) is 5.82 Å². The fraction of sp³-hybridized carbons (Fsp3) is 0.857. The number of fused-ring (bicyclic) bond motifs is 1. The molecule has 0 spiro atoms. The van der Waals surface area contributed by atoms with E-state index in [9.17, 15) is 0 Å². The molecule has 100 valence electrons. The maximum atomic E-state index is 4.82. The molecule has 4 heteroatoms. The molecule has 1 saturated heterocycles. The van der Waals surface area contributed by atoms with Crippen molar-refractivity contribution in [3.05, 3.63) is 11.6 Å². The summed E-state index contributed by atoms with van der Waals surface area (Å²) in [6, 6.07) is 0.470. The lowest BCUT2D eigenvalue weighted by Crippen LogP contribution is -2.33. The average molecular weight is 248 g/mol. The molecule has 0 aromatic carbocycles. The van der Waals surface area contributed by atoms with Crippen LogP contribution in [0.3, 0.4) is 0 Å². The van der Waals surface area contributed by atoms with Gasteiger partial charge in [-0.2, -0.15) is 5.10 Å². The van der Waals surface area contributed by atoms with Crippen LogP contribution in [0.5, 0.6) is 0 Å². The van der Waals surface area contributed by atoms with Gasteiger partial charge in [0, 0.05) is 13.0 Å². The van der Waals surface area contributed by atoms with Crippen molar-refractivity contribution in [3.63, 3.8) is 0 Å². The highest BCUT2D eigenvalue weighted by atomic mass is 15.4. The Morgan fingerprint density at radius 1 is 1.28 bits per heavy atom. The van der Waals surface area contributed by atoms with Crippen molar-refractivity contribution in [1.29, 1.82) is 0 Å². The summed E-state index contributed by atoms with van der Waals surface area (Å²) in [4.78, 5) is 7.35. The van der Waals surface area contributed by atoms with Crippen molar-refractivity contribution < 1.29 is 0 Å². The largest absolute Gasteiger partial charge is 0.294 e. The molecule has 2 aliphatic rings. The van der Waals surface area contributed by atoms with Gasteiger partial charge in [0.1, 0.15) is 5.82 Å². The smallest absolute Gasteiger partial charge is 0.168 e. The second-order valence-corrected chi connectivity index (χ2v) is 5.85. The summed E-state index contributed by atoms with van der Waals surface area (Å²) in [6.07, 6.45) is 6.25. The molecule has 0 N–H and O–H groups in total. The quantitative estimate of drug-likeness (QED) is 0.806. The molecule has 4 nitrogen and oxygen atoms in total. The monoisotopic (exact) mass is 248 g/mol. The van der Waals surface area contributed by atoms with Gasteiger partial charge in [-0.05, 0) is 38.3 Å². The molecule has 0 radical (unpaired) electrons. The molecule has 3 heterocycles. The van der Waals surface area contributed by atoms with Gasteiger partial charge in [-0.3, -0.25) is 4.90 Å². The van der Waals surface area contributed by atoms with E-state index in [1.807, 2.05) is 0 Å². The second kappa shape index (κ2) is 5.00. The third kappa shape index (κ3) is 2.18. The minimum Gasteiger partial charge on any atom is -0.294 e. The first-order chi connectivity index (χ1) is 8.78. The normalized spacial score (nSPS) is 29.2. The molecule has 2 atom stereocenters. The van der Waals surface area contributed by atoms with Crippen LogP contribution in [0.4, 0.5) is 0 Å². The van der Waals surface area contributed by atoms with E-state index < -0.39 is 0 Å². The molecule has 2 unspecified atom stereocenters. The molecule has 18 heavy (non-hydrogen) atoms. The number of rotatable bonds is 2. The standard InChI is InChI=1S/C14H24N4/c1-3-17-9-5-4-6-12(17)14-15-13-8-7-11(2)10-18(13)16-14/h11-12H,3-10H2,1-2H3. The third-order valence-corrected chi connectivity index (χ3v) is 4.43. The van der Waals surface area contributed by atoms with Crippen molar-refractivity contribution in [2.45, 2.75) is 58.5 Å². The molecule has 2 aliphatic heterocycles. The molecule has 1 aromatic rings. The van der Waals surface area contributed by atoms with Gasteiger partial charge in [0.05, 0.1) is 6.04 Å². The Bertz CT molecular complexity index is 412. The van der Waals surface area contributed by atoms with Gasteiger partial charge < -0.3 is 0 Å². The van der Waals surface area contributed by atoms with Crippen molar-refractivity contribution in [2.75, 3.05) is 13.1 Å². The minimum absolute atomic E-state index is 0.470. The van der Waals surface area contributed by atoms with Crippen molar-refractivity contribution in [2.24, 2.45) is 5.92 Å². The third-order valence-electron chi connectivity index (χ3n) is 4.43. The summed E-state index contributed by atoms with van der Waals surface area (Å²) >= 11 is 0. The zero-order valence-electron chi connectivity index (χ0n) is 11.6. The van der Waals surface area contributed by atoms with Gasteiger partial charge in [0.25, 0.3) is 0 Å². The zero-order chi connectivity index (χ0) is 12.5. The molecule has 0 bridgehead atoms. The lowest BCUT2D eigenvalue weighted by molar-refractivity contribution is 0.149. The number of nitrogens with zero attached hydrogens (tertiary/aromatic N) is 4. The number of aryl methyl sites for hydroxylation is 1. The summed E-state index contributed by atoms with van der Waals surface area (Å²) in [6.45, 7) is 7.94. The van der Waals surface area contributed by atoms with E-state index in [0.29, 0.717) is 6.04 Å². The summed E-state index contributed by atoms with van der Waals surface area (Å²) in [5.41, 5.74) is 0. The van der Waals surface area contributed by atoms with Crippen LogP contribution in [0, 0.1) is 5.92 Å². The molecule has 0 saturated carbocycles. The van der Waals surface area contributed by atoms with E-state index in [1.165, 1.54) is 38.1 Å². The highest BCUT2D eigenvalue weighted by Gasteiger charge is 2.28. The van der Waals surface area contributed by atoms with Crippen LogP contribution in [0.1, 0.15) is 57.2 Å². The Balaban J connectivity index is 1.83. The Labute approximate surface area is 109 Å². The van der Waals surface area contributed by atoms with E-state index in [2.05, 4.69) is 23.4 Å². The van der Waals surface area contributed by atoms with Crippen LogP contribution in [0.15, 0.2) is 0 Å². The summed E-state index contributed by atoms with van der Waals surface area (Å²) in [5.74, 6) is 3.05. The molecule has 1 fully saturated rings. The number of piperidine rings is 1. The average Bonchev–Trinajstić information content (AvgIpc) is 2.81. The van der Waals surface area contributed by atoms with E-state index in [0.717, 1.165) is 31.3 Å². The lowest BCUT2D eigenvalue weighted by Gasteiger charge is -2.32. The number of aromatic nitrogens is 3. The predicted molar refractivity (Wildman–Crippen MR) is 71.3 cm³/mol. The Hall–Kier alpha value is -0.900. The molecule has 0 amide bonds. The fourth-order valence-electron chi connectivity index (χ4n) is 3.29. The zero-order valence-corrected chi connectivity index (χ0v) is 11.6. The predicted octanol–water partition coefficient (Wildman–Crippen LogP) is 2.41. The van der Waals surface area contributed by atoms with Gasteiger partial charge in [-0.25, -0.2) is 9.67 Å². The summed E-state index contributed by atoms with van der Waals surface area (Å²) < 4.78 is 2.16. The number of hydrogen-bond acceptors (Lipinski definition) is 3. The van der Waals surface area contributed by atoms with Gasteiger partial charge in [-0.1, -0.05) is 20.3 Å². The van der Waals surface area contributed by atoms with Gasteiger partial charge >= 0.3 is 0 Å². The first-order valence-electron chi connectivity index (χ1n) is 7.45. The SMILES string of the molecule is CCN1CCCCC1c1nc2n(n1)CC(C)CC2. The van der Waals surface area contributed by atoms with Crippen LogP contribution in [0.2, 0.25) is 0 Å². The fourth-order valence-corrected chi connectivity index (χ4v) is 3.29. The number of hydrogen-bond donors (Lipinski definition) is 0. The maximum absolute atomic E-state index is 4.82. The Kier molecular flexibility index (Phi) is 3.37. The van der Waals surface area contributed by atoms with Crippen molar-refractivity contribution in [3.8, 4) is 0 Å². The van der Waals surface area contributed by atoms with Crippen LogP contribution < -0.4 is 0 Å². The molecule has 1 aromatic heterocycles. The minimum atomic E-state index is 0.470. The maximum Gasteiger partial charge on any atom is 0.168 e. The molecular formula is C14H24N4. The Morgan fingerprint density at radius 2 is 2.17 bits per heavy atom. The van der Waals surface area contributed by atoms with Crippen LogP contribution in [-0.4, -0.2) is 32.8 Å². The highest BCUT2D eigenvalue weighted by molar-refractivity contribution is 5.02. The molecule has 0 aliphatic carbocycles. The van der Waals surface area contributed by atoms with Crippen LogP contribution in [0.25, 0.3) is 0 Å². The first-order valence-corrected chi connectivity index (χ1v) is 7.45. The first kappa shape index (κ1) is 12.2. The van der Waals surface area contributed by atoms with Crippen molar-refractivity contribution >= 4 is 0 Å². The highest BCUT2D eigenvalue weighted by Crippen LogP contribution is 2.29. The Morgan fingerprint density at radius 3 is 3.00 bits per heavy atom. The molecular weight excluding hydrogens is 224 g/mol. The van der Waals surface area contributed by atoms with E-state index in [-0.39, 0.29) is 0 Å². The van der Waals surface area contributed by atoms with E-state index in [1.54, 1.807) is 0 Å². The second-order valence-electron chi connectivity index (χ2n) is 5.85. The summed E-state index contributed by atoms with van der Waals surface area (Å²) in [7, 11) is 0.